The molecular weight excluding hydrogens is 240 g/mol. The topological polar surface area (TPSA) is 35.5 Å². The maximum absolute atomic E-state index is 12.0. The Morgan fingerprint density at radius 3 is 2.47 bits per heavy atom. The lowest BCUT2D eigenvalue weighted by Gasteiger charge is -2.26. The second-order valence-corrected chi connectivity index (χ2v) is 5.00. The molecule has 0 aliphatic carbocycles. The normalized spacial score (nSPS) is 17.5. The van der Waals surface area contributed by atoms with Gasteiger partial charge in [-0.1, -0.05) is 43.7 Å². The Morgan fingerprint density at radius 2 is 1.84 bits per heavy atom. The van der Waals surface area contributed by atoms with Crippen LogP contribution in [0.2, 0.25) is 0 Å². The van der Waals surface area contributed by atoms with Crippen molar-refractivity contribution in [2.45, 2.75) is 44.8 Å². The maximum Gasteiger partial charge on any atom is 0.168 e. The Morgan fingerprint density at radius 1 is 1.16 bits per heavy atom. The SMILES string of the molecule is CCCC1(CCCC(=O)c2ccccc2)OCCO1. The Hall–Kier alpha value is -1.19. The van der Waals surface area contributed by atoms with E-state index in [2.05, 4.69) is 6.92 Å². The molecule has 1 saturated heterocycles. The number of Topliss-reactive ketones (excluding diaryl/α,β-unsaturated/α-hetero) is 1. The second kappa shape index (κ2) is 6.83. The fourth-order valence-corrected chi connectivity index (χ4v) is 2.58. The van der Waals surface area contributed by atoms with Crippen molar-refractivity contribution in [1.82, 2.24) is 0 Å². The van der Waals surface area contributed by atoms with Gasteiger partial charge in [0.1, 0.15) is 0 Å². The van der Waals surface area contributed by atoms with E-state index in [9.17, 15) is 4.79 Å². The zero-order chi connectivity index (χ0) is 13.6. The van der Waals surface area contributed by atoms with Crippen molar-refractivity contribution in [3.05, 3.63) is 35.9 Å². The summed E-state index contributed by atoms with van der Waals surface area (Å²) in [6, 6.07) is 9.46. The minimum atomic E-state index is -0.425. The lowest BCUT2D eigenvalue weighted by molar-refractivity contribution is -0.167. The van der Waals surface area contributed by atoms with Gasteiger partial charge in [-0.3, -0.25) is 4.79 Å². The van der Waals surface area contributed by atoms with Crippen LogP contribution < -0.4 is 0 Å². The van der Waals surface area contributed by atoms with Crippen LogP contribution in [-0.2, 0) is 9.47 Å². The summed E-state index contributed by atoms with van der Waals surface area (Å²) in [5, 5.41) is 0. The van der Waals surface area contributed by atoms with Crippen molar-refractivity contribution in [3.8, 4) is 0 Å². The van der Waals surface area contributed by atoms with Crippen molar-refractivity contribution in [2.24, 2.45) is 0 Å². The van der Waals surface area contributed by atoms with Crippen molar-refractivity contribution in [1.29, 1.82) is 0 Å². The van der Waals surface area contributed by atoms with Gasteiger partial charge in [0, 0.05) is 24.8 Å². The largest absolute Gasteiger partial charge is 0.348 e. The highest BCUT2D eigenvalue weighted by atomic mass is 16.7. The zero-order valence-corrected chi connectivity index (χ0v) is 11.6. The number of carbonyl (C=O) groups is 1. The first-order chi connectivity index (χ1) is 9.26. The number of hydrogen-bond donors (Lipinski definition) is 0. The van der Waals surface area contributed by atoms with Crippen LogP contribution in [0.15, 0.2) is 30.3 Å². The van der Waals surface area contributed by atoms with Gasteiger partial charge in [0.2, 0.25) is 0 Å². The third kappa shape index (κ3) is 3.88. The van der Waals surface area contributed by atoms with Gasteiger partial charge in [0.05, 0.1) is 13.2 Å². The molecule has 1 heterocycles. The van der Waals surface area contributed by atoms with Crippen LogP contribution in [0.25, 0.3) is 0 Å². The molecule has 19 heavy (non-hydrogen) atoms. The summed E-state index contributed by atoms with van der Waals surface area (Å²) in [7, 11) is 0. The average Bonchev–Trinajstić information content (AvgIpc) is 2.89. The Labute approximate surface area is 114 Å². The molecule has 0 amide bonds. The fraction of sp³-hybridized carbons (Fsp3) is 0.562. The van der Waals surface area contributed by atoms with Crippen LogP contribution in [0, 0.1) is 0 Å². The van der Waals surface area contributed by atoms with Crippen LogP contribution >= 0.6 is 0 Å². The van der Waals surface area contributed by atoms with E-state index < -0.39 is 5.79 Å². The highest BCUT2D eigenvalue weighted by Gasteiger charge is 2.34. The van der Waals surface area contributed by atoms with Gasteiger partial charge in [0.25, 0.3) is 0 Å². The Bertz CT molecular complexity index is 394. The molecule has 1 aromatic rings. The molecule has 0 saturated carbocycles. The molecule has 0 atom stereocenters. The van der Waals surface area contributed by atoms with E-state index in [0.29, 0.717) is 19.6 Å². The predicted octanol–water partition coefficient (Wildman–Crippen LogP) is 3.58. The van der Waals surface area contributed by atoms with Crippen LogP contribution in [0.5, 0.6) is 0 Å². The first-order valence-electron chi connectivity index (χ1n) is 7.12. The van der Waals surface area contributed by atoms with E-state index in [1.807, 2.05) is 30.3 Å². The van der Waals surface area contributed by atoms with Gasteiger partial charge in [0.15, 0.2) is 11.6 Å². The molecule has 104 valence electrons. The monoisotopic (exact) mass is 262 g/mol. The molecule has 0 bridgehead atoms. The fourth-order valence-electron chi connectivity index (χ4n) is 2.58. The van der Waals surface area contributed by atoms with E-state index in [1.165, 1.54) is 0 Å². The number of hydrogen-bond acceptors (Lipinski definition) is 3. The molecule has 1 fully saturated rings. The molecule has 0 radical (unpaired) electrons. The number of ether oxygens (including phenoxy) is 2. The first kappa shape index (κ1) is 14.2. The van der Waals surface area contributed by atoms with Crippen molar-refractivity contribution in [2.75, 3.05) is 13.2 Å². The summed E-state index contributed by atoms with van der Waals surface area (Å²) in [4.78, 5) is 12.0. The molecule has 1 aliphatic rings. The Balaban J connectivity index is 1.81. The number of benzene rings is 1. The van der Waals surface area contributed by atoms with Crippen molar-refractivity contribution in [3.63, 3.8) is 0 Å². The van der Waals surface area contributed by atoms with Gasteiger partial charge in [-0.2, -0.15) is 0 Å². The third-order valence-electron chi connectivity index (χ3n) is 3.50. The standard InChI is InChI=1S/C16H22O3/c1-2-10-16(18-12-13-19-16)11-6-9-15(17)14-7-4-3-5-8-14/h3-5,7-8H,2,6,9-13H2,1H3. The highest BCUT2D eigenvalue weighted by molar-refractivity contribution is 5.95. The summed E-state index contributed by atoms with van der Waals surface area (Å²) >= 11 is 0. The van der Waals surface area contributed by atoms with E-state index in [-0.39, 0.29) is 5.78 Å². The number of carbonyl (C=O) groups excluding carboxylic acids is 1. The lowest BCUT2D eigenvalue weighted by atomic mass is 10.00. The van der Waals surface area contributed by atoms with Gasteiger partial charge < -0.3 is 9.47 Å². The quantitative estimate of drug-likeness (QED) is 0.704. The smallest absolute Gasteiger partial charge is 0.168 e. The zero-order valence-electron chi connectivity index (χ0n) is 11.6. The van der Waals surface area contributed by atoms with E-state index in [0.717, 1.165) is 31.2 Å². The number of ketones is 1. The molecule has 1 aromatic carbocycles. The minimum Gasteiger partial charge on any atom is -0.348 e. The number of rotatable bonds is 7. The van der Waals surface area contributed by atoms with Crippen LogP contribution in [0.1, 0.15) is 49.4 Å². The third-order valence-corrected chi connectivity index (χ3v) is 3.50. The molecule has 0 spiro atoms. The summed E-state index contributed by atoms with van der Waals surface area (Å²) in [6.07, 6.45) is 4.12. The van der Waals surface area contributed by atoms with Crippen molar-refractivity contribution >= 4 is 5.78 Å². The summed E-state index contributed by atoms with van der Waals surface area (Å²) in [5.41, 5.74) is 0.792. The maximum atomic E-state index is 12.0. The molecular formula is C16H22O3. The predicted molar refractivity (Wildman–Crippen MR) is 74.2 cm³/mol. The first-order valence-corrected chi connectivity index (χ1v) is 7.12. The van der Waals surface area contributed by atoms with E-state index >= 15 is 0 Å². The summed E-state index contributed by atoms with van der Waals surface area (Å²) in [6.45, 7) is 3.47. The molecule has 3 nitrogen and oxygen atoms in total. The molecule has 0 N–H and O–H groups in total. The van der Waals surface area contributed by atoms with Gasteiger partial charge in [-0.25, -0.2) is 0 Å². The average molecular weight is 262 g/mol. The Kier molecular flexibility index (Phi) is 5.11. The molecule has 2 rings (SSSR count). The highest BCUT2D eigenvalue weighted by Crippen LogP contribution is 2.30. The minimum absolute atomic E-state index is 0.199. The van der Waals surface area contributed by atoms with Crippen LogP contribution in [0.3, 0.4) is 0 Å². The van der Waals surface area contributed by atoms with E-state index in [1.54, 1.807) is 0 Å². The van der Waals surface area contributed by atoms with E-state index in [4.69, 9.17) is 9.47 Å². The lowest BCUT2D eigenvalue weighted by Crippen LogP contribution is -2.30. The molecule has 0 unspecified atom stereocenters. The molecule has 3 heteroatoms. The van der Waals surface area contributed by atoms with Crippen molar-refractivity contribution < 1.29 is 14.3 Å². The molecule has 0 aromatic heterocycles. The van der Waals surface area contributed by atoms with Crippen LogP contribution in [0.4, 0.5) is 0 Å². The second-order valence-electron chi connectivity index (χ2n) is 5.00. The van der Waals surface area contributed by atoms with Gasteiger partial charge >= 0.3 is 0 Å². The van der Waals surface area contributed by atoms with Gasteiger partial charge in [-0.15, -0.1) is 0 Å². The summed E-state index contributed by atoms with van der Waals surface area (Å²) < 4.78 is 11.5. The van der Waals surface area contributed by atoms with Gasteiger partial charge in [-0.05, 0) is 6.42 Å². The van der Waals surface area contributed by atoms with Crippen LogP contribution in [-0.4, -0.2) is 24.8 Å². The molecule has 1 aliphatic heterocycles. The summed E-state index contributed by atoms with van der Waals surface area (Å²) in [5.74, 6) is -0.226.